The number of rotatable bonds is 4. The van der Waals surface area contributed by atoms with Gasteiger partial charge in [-0.25, -0.2) is 0 Å². The van der Waals surface area contributed by atoms with Crippen molar-refractivity contribution in [2.24, 2.45) is 34.5 Å². The lowest BCUT2D eigenvalue weighted by atomic mass is 9.47. The molecule has 0 aromatic rings. The van der Waals surface area contributed by atoms with Gasteiger partial charge in [0.1, 0.15) is 6.10 Å². The predicted octanol–water partition coefficient (Wildman–Crippen LogP) is 6.40. The summed E-state index contributed by atoms with van der Waals surface area (Å²) < 4.78 is 31.7. The van der Waals surface area contributed by atoms with Crippen LogP contribution in [0.2, 0.25) is 0 Å². The van der Waals surface area contributed by atoms with Gasteiger partial charge in [0.25, 0.3) is 0 Å². The first-order chi connectivity index (χ1) is 15.6. The maximum absolute atomic E-state index is 12.7. The number of allylic oxidation sites excluding steroid dienone is 1. The summed E-state index contributed by atoms with van der Waals surface area (Å²) in [5.74, 6) is 1.61. The van der Waals surface area contributed by atoms with Gasteiger partial charge in [-0.1, -0.05) is 45.0 Å². The van der Waals surface area contributed by atoms with Crippen LogP contribution in [0.4, 0.5) is 0 Å². The molecule has 0 aromatic carbocycles. The molecule has 0 heterocycles. The Balaban J connectivity index is 1.32. The molecule has 3 nitrogen and oxygen atoms in total. The Labute approximate surface area is 186 Å². The third kappa shape index (κ3) is 3.39. The highest BCUT2D eigenvalue weighted by Gasteiger charge is 2.59. The van der Waals surface area contributed by atoms with Crippen molar-refractivity contribution in [2.75, 3.05) is 0 Å². The van der Waals surface area contributed by atoms with Crippen molar-refractivity contribution in [3.8, 4) is 0 Å². The molecule has 0 saturated heterocycles. The number of hydrogen-bond donors (Lipinski definition) is 0. The molecular formula is C27H40O3. The van der Waals surface area contributed by atoms with E-state index in [0.29, 0.717) is 37.0 Å². The van der Waals surface area contributed by atoms with Gasteiger partial charge in [-0.15, -0.1) is 0 Å². The lowest BCUT2D eigenvalue weighted by Crippen LogP contribution is -2.51. The molecular weight excluding hydrogens is 372 g/mol. The van der Waals surface area contributed by atoms with Gasteiger partial charge in [0.05, 0.1) is 0 Å². The minimum absolute atomic E-state index is 0.0329. The van der Waals surface area contributed by atoms with Gasteiger partial charge in [0.2, 0.25) is 0 Å². The molecule has 0 N–H and O–H groups in total. The van der Waals surface area contributed by atoms with Crippen molar-refractivity contribution >= 4 is 11.8 Å². The maximum atomic E-state index is 12.7. The molecule has 0 aromatic heterocycles. The zero-order valence-corrected chi connectivity index (χ0v) is 18.6. The van der Waals surface area contributed by atoms with Crippen molar-refractivity contribution in [3.05, 3.63) is 11.6 Å². The lowest BCUT2D eigenvalue weighted by Gasteiger charge is -2.57. The van der Waals surface area contributed by atoms with E-state index in [1.54, 1.807) is 6.08 Å². The quantitative estimate of drug-likeness (QED) is 0.499. The van der Waals surface area contributed by atoms with Crippen molar-refractivity contribution in [1.82, 2.24) is 0 Å². The van der Waals surface area contributed by atoms with Gasteiger partial charge in [-0.3, -0.25) is 9.59 Å². The van der Waals surface area contributed by atoms with Crippen molar-refractivity contribution in [1.29, 1.82) is 0 Å². The monoisotopic (exact) mass is 415 g/mol. The van der Waals surface area contributed by atoms with E-state index in [0.717, 1.165) is 50.5 Å². The molecule has 0 radical (unpaired) electrons. The maximum Gasteiger partial charge on any atom is 0.306 e. The molecule has 3 heteroatoms. The minimum Gasteiger partial charge on any atom is -0.462 e. The number of carbonyl (C=O) groups excluding carboxylic acids is 2. The van der Waals surface area contributed by atoms with Crippen LogP contribution in [0.3, 0.4) is 0 Å². The predicted molar refractivity (Wildman–Crippen MR) is 118 cm³/mol. The van der Waals surface area contributed by atoms with E-state index in [9.17, 15) is 9.59 Å². The number of esters is 1. The van der Waals surface area contributed by atoms with Crippen LogP contribution in [0.15, 0.2) is 11.6 Å². The topological polar surface area (TPSA) is 43.4 Å². The van der Waals surface area contributed by atoms with Crippen LogP contribution in [-0.4, -0.2) is 17.9 Å². The van der Waals surface area contributed by atoms with E-state index >= 15 is 0 Å². The van der Waals surface area contributed by atoms with E-state index in [-0.39, 0.29) is 29.2 Å². The van der Waals surface area contributed by atoms with Crippen molar-refractivity contribution in [3.63, 3.8) is 0 Å². The van der Waals surface area contributed by atoms with E-state index < -0.39 is 12.3 Å². The Morgan fingerprint density at radius 3 is 2.73 bits per heavy atom. The molecule has 5 rings (SSSR count). The smallest absolute Gasteiger partial charge is 0.306 e. The van der Waals surface area contributed by atoms with Gasteiger partial charge in [0.15, 0.2) is 5.78 Å². The Bertz CT molecular complexity index is 827. The summed E-state index contributed by atoms with van der Waals surface area (Å²) in [6.07, 6.45) is 14.5. The summed E-state index contributed by atoms with van der Waals surface area (Å²) in [6.45, 7) is 0.217. The molecule has 0 amide bonds. The summed E-state index contributed by atoms with van der Waals surface area (Å²) in [5, 5.41) is 0. The van der Waals surface area contributed by atoms with E-state index in [1.165, 1.54) is 25.7 Å². The van der Waals surface area contributed by atoms with E-state index in [1.807, 2.05) is 0 Å². The molecule has 0 bridgehead atoms. The van der Waals surface area contributed by atoms with Crippen molar-refractivity contribution in [2.45, 2.75) is 110 Å². The van der Waals surface area contributed by atoms with Gasteiger partial charge in [0, 0.05) is 22.4 Å². The molecule has 0 aliphatic heterocycles. The van der Waals surface area contributed by atoms with Crippen LogP contribution in [-0.2, 0) is 14.3 Å². The van der Waals surface area contributed by atoms with Gasteiger partial charge in [-0.05, 0) is 86.5 Å². The average molecular weight is 416 g/mol. The fourth-order valence-corrected chi connectivity index (χ4v) is 8.20. The molecule has 0 unspecified atom stereocenters. The first-order valence-electron chi connectivity index (χ1n) is 14.1. The van der Waals surface area contributed by atoms with Gasteiger partial charge in [-0.2, -0.15) is 0 Å². The Kier molecular flexibility index (Phi) is 4.52. The molecule has 4 fully saturated rings. The van der Waals surface area contributed by atoms with Crippen LogP contribution in [0.1, 0.15) is 108 Å². The second kappa shape index (κ2) is 7.78. The standard InChI is InChI=1S/C27H40O3/c1-26-15-13-20(28)17-19(26)8-9-21-22-10-11-24(27(22,2)16-14-23(21)26)30-25(29)12-7-18-5-3-4-6-18/h17-18,21-24H,3-16H2,1-2H3/t21-,22-,23-,24-,26-,27-/m0/s1/i1D3. The number of carbonyl (C=O) groups is 2. The molecule has 30 heavy (non-hydrogen) atoms. The highest BCUT2D eigenvalue weighted by atomic mass is 16.5. The minimum atomic E-state index is -2.08. The fraction of sp³-hybridized carbons (Fsp3) is 0.852. The Morgan fingerprint density at radius 2 is 1.93 bits per heavy atom. The van der Waals surface area contributed by atoms with E-state index in [2.05, 4.69) is 6.92 Å². The number of ketones is 1. The van der Waals surface area contributed by atoms with Crippen LogP contribution in [0.25, 0.3) is 0 Å². The highest BCUT2D eigenvalue weighted by molar-refractivity contribution is 5.91. The summed E-state index contributed by atoms with van der Waals surface area (Å²) in [7, 11) is 0. The largest absolute Gasteiger partial charge is 0.462 e. The van der Waals surface area contributed by atoms with Crippen LogP contribution >= 0.6 is 0 Å². The molecule has 0 spiro atoms. The molecule has 4 saturated carbocycles. The lowest BCUT2D eigenvalue weighted by molar-refractivity contribution is -0.160. The highest BCUT2D eigenvalue weighted by Crippen LogP contribution is 2.65. The third-order valence-corrected chi connectivity index (χ3v) is 9.91. The SMILES string of the molecule is [2H]C([2H])([2H])[C@]12CCC(=O)C=C1CC[C@H]1[C@@H]3CC[C@H](OC(=O)CCC4CCCC4)[C@@]3(C)CC[C@@H]12. The average Bonchev–Trinajstić information content (AvgIpc) is 3.39. The second-order valence-corrected chi connectivity index (χ2v) is 11.3. The third-order valence-electron chi connectivity index (χ3n) is 9.91. The number of fused-ring (bicyclic) bond motifs is 5. The van der Waals surface area contributed by atoms with E-state index in [4.69, 9.17) is 8.85 Å². The number of hydrogen-bond acceptors (Lipinski definition) is 3. The van der Waals surface area contributed by atoms with Crippen LogP contribution in [0.5, 0.6) is 0 Å². The van der Waals surface area contributed by atoms with Crippen LogP contribution < -0.4 is 0 Å². The second-order valence-electron chi connectivity index (χ2n) is 11.3. The Hall–Kier alpha value is -1.12. The zero-order chi connectivity index (χ0) is 23.4. The summed E-state index contributed by atoms with van der Waals surface area (Å²) >= 11 is 0. The number of ether oxygens (including phenoxy) is 1. The van der Waals surface area contributed by atoms with Gasteiger partial charge >= 0.3 is 5.97 Å². The molecule has 166 valence electrons. The molecule has 5 aliphatic rings. The fourth-order valence-electron chi connectivity index (χ4n) is 8.20. The first-order valence-corrected chi connectivity index (χ1v) is 12.6. The molecule has 5 aliphatic carbocycles. The van der Waals surface area contributed by atoms with Crippen LogP contribution in [0, 0.1) is 34.5 Å². The van der Waals surface area contributed by atoms with Crippen molar-refractivity contribution < 1.29 is 18.4 Å². The molecule has 6 atom stereocenters. The van der Waals surface area contributed by atoms with Gasteiger partial charge < -0.3 is 4.74 Å². The summed E-state index contributed by atoms with van der Waals surface area (Å²) in [5.41, 5.74) is 0.0176. The first kappa shape index (κ1) is 17.4. The normalized spacial score (nSPS) is 45.4. The summed E-state index contributed by atoms with van der Waals surface area (Å²) in [6, 6.07) is 0. The Morgan fingerprint density at radius 1 is 1.10 bits per heavy atom. The summed E-state index contributed by atoms with van der Waals surface area (Å²) in [4.78, 5) is 24.9. The zero-order valence-electron chi connectivity index (χ0n) is 21.6.